The Balaban J connectivity index is 2.16. The van der Waals surface area contributed by atoms with Crippen molar-refractivity contribution >= 4 is 27.3 Å². The van der Waals surface area contributed by atoms with E-state index >= 15 is 0 Å². The average Bonchev–Trinajstić information content (AvgIpc) is 2.74. The zero-order valence-corrected chi connectivity index (χ0v) is 12.7. The first-order valence-electron chi connectivity index (χ1n) is 6.73. The van der Waals surface area contributed by atoms with Crippen LogP contribution in [0.3, 0.4) is 0 Å². The second-order valence-electron chi connectivity index (χ2n) is 4.87. The lowest BCUT2D eigenvalue weighted by Crippen LogP contribution is -2.38. The van der Waals surface area contributed by atoms with E-state index in [9.17, 15) is 9.18 Å². The molecule has 2 aromatic rings. The summed E-state index contributed by atoms with van der Waals surface area (Å²) in [5.41, 5.74) is 0.845. The molecule has 2 N–H and O–H groups in total. The minimum Gasteiger partial charge on any atom is -0.350 e. The number of carbonyl (C=O) groups excluding carboxylic acids is 1. The van der Waals surface area contributed by atoms with Crippen LogP contribution in [0, 0.1) is 12.7 Å². The number of halogens is 1. The quantitative estimate of drug-likeness (QED) is 0.890. The number of hydrogen-bond acceptors (Lipinski definition) is 3. The van der Waals surface area contributed by atoms with Crippen LogP contribution in [0.5, 0.6) is 0 Å². The molecule has 0 aliphatic rings. The minimum absolute atomic E-state index is 0.0890. The lowest BCUT2D eigenvalue weighted by molar-refractivity contribution is 0.0954. The molecule has 108 valence electrons. The van der Waals surface area contributed by atoms with Gasteiger partial charge in [-0.3, -0.25) is 4.79 Å². The van der Waals surface area contributed by atoms with E-state index in [-0.39, 0.29) is 17.8 Å². The third-order valence-electron chi connectivity index (χ3n) is 3.23. The van der Waals surface area contributed by atoms with E-state index in [0.29, 0.717) is 11.4 Å². The van der Waals surface area contributed by atoms with Gasteiger partial charge < -0.3 is 10.6 Å². The maximum absolute atomic E-state index is 13.3. The molecule has 0 saturated heterocycles. The molecule has 1 amide bonds. The second kappa shape index (κ2) is 6.33. The number of amides is 1. The van der Waals surface area contributed by atoms with Crippen LogP contribution in [-0.4, -0.2) is 25.0 Å². The molecule has 0 aliphatic heterocycles. The fourth-order valence-electron chi connectivity index (χ4n) is 2.16. The van der Waals surface area contributed by atoms with Gasteiger partial charge in [0, 0.05) is 17.3 Å². The summed E-state index contributed by atoms with van der Waals surface area (Å²) in [6.45, 7) is 7.37. The predicted octanol–water partition coefficient (Wildman–Crippen LogP) is 3.08. The van der Waals surface area contributed by atoms with E-state index in [0.717, 1.165) is 22.2 Å². The van der Waals surface area contributed by atoms with Crippen molar-refractivity contribution in [3.05, 3.63) is 34.5 Å². The van der Waals surface area contributed by atoms with E-state index in [1.165, 1.54) is 23.5 Å². The molecule has 0 aliphatic carbocycles. The lowest BCUT2D eigenvalue weighted by atomic mass is 10.1. The van der Waals surface area contributed by atoms with Gasteiger partial charge in [-0.1, -0.05) is 6.92 Å². The van der Waals surface area contributed by atoms with Crippen LogP contribution in [-0.2, 0) is 0 Å². The molecule has 0 spiro atoms. The van der Waals surface area contributed by atoms with Crippen LogP contribution in [0.1, 0.15) is 29.1 Å². The standard InChI is InChI=1S/C15H19FN2OS/c1-4-17-9(2)8-18-15(19)14-10(3)12-7-11(16)5-6-13(12)20-14/h5-7,9,17H,4,8H2,1-3H3,(H,18,19)/t9-/m1/s1. The van der Waals surface area contributed by atoms with Gasteiger partial charge in [0.25, 0.3) is 5.91 Å². The smallest absolute Gasteiger partial charge is 0.261 e. The van der Waals surface area contributed by atoms with Crippen LogP contribution in [0.15, 0.2) is 18.2 Å². The van der Waals surface area contributed by atoms with Gasteiger partial charge in [0.15, 0.2) is 0 Å². The van der Waals surface area contributed by atoms with Crippen molar-refractivity contribution in [2.45, 2.75) is 26.8 Å². The molecule has 0 radical (unpaired) electrons. The Morgan fingerprint density at radius 1 is 1.45 bits per heavy atom. The number of carbonyl (C=O) groups is 1. The van der Waals surface area contributed by atoms with E-state index in [1.807, 2.05) is 20.8 Å². The summed E-state index contributed by atoms with van der Waals surface area (Å²) in [6.07, 6.45) is 0. The molecule has 5 heteroatoms. The van der Waals surface area contributed by atoms with Crippen molar-refractivity contribution in [1.82, 2.24) is 10.6 Å². The molecule has 0 unspecified atom stereocenters. The number of aryl methyl sites for hydroxylation is 1. The van der Waals surface area contributed by atoms with Crippen molar-refractivity contribution in [1.29, 1.82) is 0 Å². The van der Waals surface area contributed by atoms with Gasteiger partial charge in [0.05, 0.1) is 4.88 Å². The molecular weight excluding hydrogens is 275 g/mol. The Morgan fingerprint density at radius 3 is 2.90 bits per heavy atom. The first-order chi connectivity index (χ1) is 9.52. The Morgan fingerprint density at radius 2 is 2.20 bits per heavy atom. The van der Waals surface area contributed by atoms with Crippen molar-refractivity contribution in [3.8, 4) is 0 Å². The third-order valence-corrected chi connectivity index (χ3v) is 4.50. The predicted molar refractivity (Wildman–Crippen MR) is 82.0 cm³/mol. The highest BCUT2D eigenvalue weighted by Crippen LogP contribution is 2.31. The first-order valence-corrected chi connectivity index (χ1v) is 7.54. The molecule has 0 fully saturated rings. The van der Waals surface area contributed by atoms with E-state index in [4.69, 9.17) is 0 Å². The van der Waals surface area contributed by atoms with Crippen molar-refractivity contribution < 1.29 is 9.18 Å². The van der Waals surface area contributed by atoms with E-state index < -0.39 is 0 Å². The fraction of sp³-hybridized carbons (Fsp3) is 0.400. The Labute approximate surface area is 122 Å². The SMILES string of the molecule is CCN[C@H](C)CNC(=O)c1sc2ccc(F)cc2c1C. The lowest BCUT2D eigenvalue weighted by Gasteiger charge is -2.12. The summed E-state index contributed by atoms with van der Waals surface area (Å²) in [5.74, 6) is -0.361. The summed E-state index contributed by atoms with van der Waals surface area (Å²) >= 11 is 1.41. The number of fused-ring (bicyclic) bond motifs is 1. The maximum atomic E-state index is 13.3. The fourth-order valence-corrected chi connectivity index (χ4v) is 3.26. The minimum atomic E-state index is -0.272. The normalized spacial score (nSPS) is 12.6. The van der Waals surface area contributed by atoms with Crippen molar-refractivity contribution in [2.24, 2.45) is 0 Å². The molecule has 0 saturated carbocycles. The van der Waals surface area contributed by atoms with Gasteiger partial charge in [-0.25, -0.2) is 4.39 Å². The van der Waals surface area contributed by atoms with E-state index in [2.05, 4.69) is 10.6 Å². The maximum Gasteiger partial charge on any atom is 0.261 e. The second-order valence-corrected chi connectivity index (χ2v) is 5.92. The van der Waals surface area contributed by atoms with Crippen LogP contribution in [0.4, 0.5) is 4.39 Å². The van der Waals surface area contributed by atoms with Crippen LogP contribution in [0.25, 0.3) is 10.1 Å². The summed E-state index contributed by atoms with van der Waals surface area (Å²) < 4.78 is 14.2. The Kier molecular flexibility index (Phi) is 4.73. The zero-order valence-electron chi connectivity index (χ0n) is 11.9. The van der Waals surface area contributed by atoms with Gasteiger partial charge in [0.1, 0.15) is 5.82 Å². The van der Waals surface area contributed by atoms with Crippen molar-refractivity contribution in [2.75, 3.05) is 13.1 Å². The van der Waals surface area contributed by atoms with Gasteiger partial charge in [-0.2, -0.15) is 0 Å². The first kappa shape index (κ1) is 14.9. The van der Waals surface area contributed by atoms with Gasteiger partial charge in [-0.05, 0) is 49.5 Å². The van der Waals surface area contributed by atoms with Crippen molar-refractivity contribution in [3.63, 3.8) is 0 Å². The van der Waals surface area contributed by atoms with Crippen LogP contribution < -0.4 is 10.6 Å². The molecule has 1 atom stereocenters. The number of rotatable bonds is 5. The highest BCUT2D eigenvalue weighted by molar-refractivity contribution is 7.21. The van der Waals surface area contributed by atoms with Gasteiger partial charge >= 0.3 is 0 Å². The topological polar surface area (TPSA) is 41.1 Å². The summed E-state index contributed by atoms with van der Waals surface area (Å²) in [4.78, 5) is 12.9. The molecule has 1 heterocycles. The number of nitrogens with one attached hydrogen (secondary N) is 2. The summed E-state index contributed by atoms with van der Waals surface area (Å²) in [5, 5.41) is 6.97. The molecule has 1 aromatic heterocycles. The molecule has 1 aromatic carbocycles. The largest absolute Gasteiger partial charge is 0.350 e. The molecule has 3 nitrogen and oxygen atoms in total. The zero-order chi connectivity index (χ0) is 14.7. The van der Waals surface area contributed by atoms with Gasteiger partial charge in [-0.15, -0.1) is 11.3 Å². The molecule has 0 bridgehead atoms. The number of benzene rings is 1. The van der Waals surface area contributed by atoms with Crippen LogP contribution >= 0.6 is 11.3 Å². The Bertz CT molecular complexity index is 624. The number of hydrogen-bond donors (Lipinski definition) is 2. The highest BCUT2D eigenvalue weighted by atomic mass is 32.1. The number of thiophene rings is 1. The summed E-state index contributed by atoms with van der Waals surface area (Å²) in [6, 6.07) is 4.86. The molecule has 2 rings (SSSR count). The molecule has 20 heavy (non-hydrogen) atoms. The monoisotopic (exact) mass is 294 g/mol. The third kappa shape index (κ3) is 3.16. The van der Waals surface area contributed by atoms with Gasteiger partial charge in [0.2, 0.25) is 0 Å². The highest BCUT2D eigenvalue weighted by Gasteiger charge is 2.16. The summed E-state index contributed by atoms with van der Waals surface area (Å²) in [7, 11) is 0. The Hall–Kier alpha value is -1.46. The average molecular weight is 294 g/mol. The van der Waals surface area contributed by atoms with Crippen LogP contribution in [0.2, 0.25) is 0 Å². The van der Waals surface area contributed by atoms with E-state index in [1.54, 1.807) is 6.07 Å². The molecular formula is C15H19FN2OS. The number of likely N-dealkylation sites (N-methyl/N-ethyl adjacent to an activating group) is 1.